The topological polar surface area (TPSA) is 73.8 Å². The number of rotatable bonds is 6. The highest BCUT2D eigenvalue weighted by Crippen LogP contribution is 2.21. The van der Waals surface area contributed by atoms with E-state index in [9.17, 15) is 4.79 Å². The largest absolute Gasteiger partial charge is 0.496 e. The summed E-state index contributed by atoms with van der Waals surface area (Å²) in [4.78, 5) is 22.6. The van der Waals surface area contributed by atoms with Crippen LogP contribution in [0.3, 0.4) is 0 Å². The summed E-state index contributed by atoms with van der Waals surface area (Å²) in [5, 5.41) is 0. The van der Waals surface area contributed by atoms with Crippen LogP contribution in [0, 0.1) is 6.92 Å². The maximum Gasteiger partial charge on any atom is 0.235 e. The van der Waals surface area contributed by atoms with Crippen LogP contribution in [-0.2, 0) is 11.2 Å². The molecule has 1 unspecified atom stereocenters. The standard InChI is InChI=1S/C19H23N3O4/c1-13-8-14(4-5-16(13)24-2)9-19(23)22-7-6-15(12-22)26-18-11-20-10-17(21-18)25-3/h4-5,8,10-11,15H,6-7,9,12H2,1-3H3. The average Bonchev–Trinajstić information content (AvgIpc) is 3.10. The predicted octanol–water partition coefficient (Wildman–Crippen LogP) is 2.02. The second-order valence-corrected chi connectivity index (χ2v) is 6.25. The maximum absolute atomic E-state index is 12.6. The molecule has 3 rings (SSSR count). The molecule has 1 saturated heterocycles. The quantitative estimate of drug-likeness (QED) is 0.788. The van der Waals surface area contributed by atoms with Gasteiger partial charge in [-0.1, -0.05) is 12.1 Å². The van der Waals surface area contributed by atoms with Crippen LogP contribution in [0.4, 0.5) is 0 Å². The zero-order valence-corrected chi connectivity index (χ0v) is 15.3. The SMILES string of the molecule is COc1cncc(OC2CCN(C(=O)Cc3ccc(OC)c(C)c3)C2)n1. The Balaban J connectivity index is 1.56. The van der Waals surface area contributed by atoms with Gasteiger partial charge in [0, 0.05) is 13.0 Å². The second kappa shape index (κ2) is 8.03. The molecule has 1 amide bonds. The fourth-order valence-corrected chi connectivity index (χ4v) is 3.04. The molecule has 0 aliphatic carbocycles. The van der Waals surface area contributed by atoms with Crippen LogP contribution in [0.5, 0.6) is 17.5 Å². The van der Waals surface area contributed by atoms with E-state index in [1.54, 1.807) is 13.3 Å². The van der Waals surface area contributed by atoms with Crippen LogP contribution >= 0.6 is 0 Å². The molecule has 0 saturated carbocycles. The molecule has 0 spiro atoms. The van der Waals surface area contributed by atoms with E-state index in [-0.39, 0.29) is 12.0 Å². The van der Waals surface area contributed by atoms with E-state index >= 15 is 0 Å². The molecule has 7 heteroatoms. The molecular weight excluding hydrogens is 334 g/mol. The number of aromatic nitrogens is 2. The average molecular weight is 357 g/mol. The number of ether oxygens (including phenoxy) is 3. The lowest BCUT2D eigenvalue weighted by atomic mass is 10.1. The number of nitrogens with zero attached hydrogens (tertiary/aromatic N) is 3. The summed E-state index contributed by atoms with van der Waals surface area (Å²) in [6, 6.07) is 5.82. The van der Waals surface area contributed by atoms with Gasteiger partial charge in [-0.25, -0.2) is 0 Å². The van der Waals surface area contributed by atoms with Crippen molar-refractivity contribution in [1.82, 2.24) is 14.9 Å². The molecule has 1 aliphatic heterocycles. The van der Waals surface area contributed by atoms with Gasteiger partial charge in [0.2, 0.25) is 17.7 Å². The fraction of sp³-hybridized carbons (Fsp3) is 0.421. The summed E-state index contributed by atoms with van der Waals surface area (Å²) in [7, 11) is 3.18. The molecule has 138 valence electrons. The second-order valence-electron chi connectivity index (χ2n) is 6.25. The van der Waals surface area contributed by atoms with Gasteiger partial charge < -0.3 is 19.1 Å². The highest BCUT2D eigenvalue weighted by Gasteiger charge is 2.28. The molecular formula is C19H23N3O4. The van der Waals surface area contributed by atoms with Crippen molar-refractivity contribution in [2.24, 2.45) is 0 Å². The molecule has 1 aromatic carbocycles. The van der Waals surface area contributed by atoms with Gasteiger partial charge >= 0.3 is 0 Å². The van der Waals surface area contributed by atoms with E-state index in [1.165, 1.54) is 13.3 Å². The Labute approximate surface area is 152 Å². The first-order valence-electron chi connectivity index (χ1n) is 8.53. The Morgan fingerprint density at radius 2 is 2.04 bits per heavy atom. The van der Waals surface area contributed by atoms with Gasteiger partial charge in [0.25, 0.3) is 0 Å². The van der Waals surface area contributed by atoms with Gasteiger partial charge in [-0.15, -0.1) is 0 Å². The van der Waals surface area contributed by atoms with Gasteiger partial charge in [0.15, 0.2) is 0 Å². The van der Waals surface area contributed by atoms with Gasteiger partial charge in [0.1, 0.15) is 11.9 Å². The third-order valence-corrected chi connectivity index (χ3v) is 4.40. The molecule has 2 heterocycles. The van der Waals surface area contributed by atoms with Crippen LogP contribution in [0.1, 0.15) is 17.5 Å². The summed E-state index contributed by atoms with van der Waals surface area (Å²) < 4.78 is 16.1. The molecule has 0 N–H and O–H groups in total. The number of benzene rings is 1. The summed E-state index contributed by atoms with van der Waals surface area (Å²) in [5.74, 6) is 1.74. The van der Waals surface area contributed by atoms with E-state index in [2.05, 4.69) is 9.97 Å². The summed E-state index contributed by atoms with van der Waals surface area (Å²) in [5.41, 5.74) is 2.01. The normalized spacial score (nSPS) is 16.4. The minimum Gasteiger partial charge on any atom is -0.496 e. The number of hydrogen-bond acceptors (Lipinski definition) is 6. The lowest BCUT2D eigenvalue weighted by Gasteiger charge is -2.17. The molecule has 0 bridgehead atoms. The van der Waals surface area contributed by atoms with Crippen LogP contribution in [-0.4, -0.2) is 54.2 Å². The zero-order chi connectivity index (χ0) is 18.5. The predicted molar refractivity (Wildman–Crippen MR) is 95.6 cm³/mol. The van der Waals surface area contributed by atoms with E-state index in [0.29, 0.717) is 31.3 Å². The van der Waals surface area contributed by atoms with E-state index in [4.69, 9.17) is 14.2 Å². The molecule has 26 heavy (non-hydrogen) atoms. The lowest BCUT2D eigenvalue weighted by molar-refractivity contribution is -0.129. The molecule has 0 radical (unpaired) electrons. The maximum atomic E-state index is 12.6. The van der Waals surface area contributed by atoms with Crippen molar-refractivity contribution in [2.45, 2.75) is 25.9 Å². The van der Waals surface area contributed by atoms with Crippen molar-refractivity contribution >= 4 is 5.91 Å². The number of hydrogen-bond donors (Lipinski definition) is 0. The Bertz CT molecular complexity index is 781. The molecule has 1 atom stereocenters. The first-order chi connectivity index (χ1) is 12.6. The lowest BCUT2D eigenvalue weighted by Crippen LogP contribution is -2.32. The number of carbonyl (C=O) groups excluding carboxylic acids is 1. The van der Waals surface area contributed by atoms with Crippen LogP contribution in [0.15, 0.2) is 30.6 Å². The highest BCUT2D eigenvalue weighted by molar-refractivity contribution is 5.79. The molecule has 7 nitrogen and oxygen atoms in total. The van der Waals surface area contributed by atoms with Crippen molar-refractivity contribution in [1.29, 1.82) is 0 Å². The van der Waals surface area contributed by atoms with Crippen LogP contribution < -0.4 is 14.2 Å². The van der Waals surface area contributed by atoms with Crippen molar-refractivity contribution in [3.05, 3.63) is 41.7 Å². The fourth-order valence-electron chi connectivity index (χ4n) is 3.04. The van der Waals surface area contributed by atoms with Gasteiger partial charge in [0.05, 0.1) is 39.6 Å². The Hall–Kier alpha value is -2.83. The Morgan fingerprint density at radius 3 is 2.77 bits per heavy atom. The van der Waals surface area contributed by atoms with Crippen LogP contribution in [0.25, 0.3) is 0 Å². The number of likely N-dealkylation sites (tertiary alicyclic amines) is 1. The van der Waals surface area contributed by atoms with Gasteiger partial charge in [-0.2, -0.15) is 4.98 Å². The minimum atomic E-state index is -0.0852. The van der Waals surface area contributed by atoms with Crippen molar-refractivity contribution in [2.75, 3.05) is 27.3 Å². The summed E-state index contributed by atoms with van der Waals surface area (Å²) in [6.45, 7) is 3.20. The number of carbonyl (C=O) groups is 1. The smallest absolute Gasteiger partial charge is 0.235 e. The molecule has 1 aliphatic rings. The van der Waals surface area contributed by atoms with Crippen LogP contribution in [0.2, 0.25) is 0 Å². The highest BCUT2D eigenvalue weighted by atomic mass is 16.5. The van der Waals surface area contributed by atoms with Crippen molar-refractivity contribution in [3.8, 4) is 17.5 Å². The third kappa shape index (κ3) is 4.22. The third-order valence-electron chi connectivity index (χ3n) is 4.40. The number of aryl methyl sites for hydroxylation is 1. The summed E-state index contributed by atoms with van der Waals surface area (Å²) in [6.07, 6.45) is 4.13. The van der Waals surface area contributed by atoms with E-state index in [1.807, 2.05) is 30.0 Å². The number of methoxy groups -OCH3 is 2. The minimum absolute atomic E-state index is 0.0852. The molecule has 2 aromatic rings. The number of amides is 1. The first kappa shape index (κ1) is 18.0. The van der Waals surface area contributed by atoms with Gasteiger partial charge in [-0.05, 0) is 24.1 Å². The van der Waals surface area contributed by atoms with Gasteiger partial charge in [-0.3, -0.25) is 9.78 Å². The van der Waals surface area contributed by atoms with E-state index in [0.717, 1.165) is 23.3 Å². The molecule has 1 fully saturated rings. The summed E-state index contributed by atoms with van der Waals surface area (Å²) >= 11 is 0. The first-order valence-corrected chi connectivity index (χ1v) is 8.53. The van der Waals surface area contributed by atoms with Crippen molar-refractivity contribution in [3.63, 3.8) is 0 Å². The zero-order valence-electron chi connectivity index (χ0n) is 15.3. The Kier molecular flexibility index (Phi) is 5.55. The molecule has 1 aromatic heterocycles. The Morgan fingerprint density at radius 1 is 1.23 bits per heavy atom. The van der Waals surface area contributed by atoms with Crippen molar-refractivity contribution < 1.29 is 19.0 Å². The van der Waals surface area contributed by atoms with E-state index < -0.39 is 0 Å². The monoisotopic (exact) mass is 357 g/mol.